The van der Waals surface area contributed by atoms with Gasteiger partial charge in [0.15, 0.2) is 0 Å². The van der Waals surface area contributed by atoms with Crippen molar-refractivity contribution in [3.8, 4) is 0 Å². The van der Waals surface area contributed by atoms with E-state index in [4.69, 9.17) is 0 Å². The smallest absolute Gasteiger partial charge is 0.272 e. The van der Waals surface area contributed by atoms with Crippen LogP contribution in [0.3, 0.4) is 0 Å². The summed E-state index contributed by atoms with van der Waals surface area (Å²) in [5.41, 5.74) is 0. The van der Waals surface area contributed by atoms with Crippen LogP contribution in [0.25, 0.3) is 0 Å². The van der Waals surface area contributed by atoms with E-state index in [2.05, 4.69) is 0 Å². The largest absolute Gasteiger partial charge is 0.462 e. The average molecular weight is 618 g/mol. The molecule has 0 aromatic heterocycles. The summed E-state index contributed by atoms with van der Waals surface area (Å²) in [5.74, 6) is -25.1. The van der Waals surface area contributed by atoms with Gasteiger partial charge in [-0.05, 0) is 0 Å². The van der Waals surface area contributed by atoms with Gasteiger partial charge in [0.1, 0.15) is 0 Å². The minimum atomic E-state index is -8.60. The van der Waals surface area contributed by atoms with Gasteiger partial charge in [0, 0.05) is 0 Å². The number of alkyl halides is 23. The fourth-order valence-corrected chi connectivity index (χ4v) is 1.49. The van der Waals surface area contributed by atoms with Crippen molar-refractivity contribution in [1.29, 1.82) is 0 Å². The van der Waals surface area contributed by atoms with Gasteiger partial charge < -0.3 is 0 Å². The molecule has 0 aromatic carbocycles. The molecule has 0 fully saturated rings. The van der Waals surface area contributed by atoms with Crippen LogP contribution in [0.4, 0.5) is 101 Å². The second-order valence-electron chi connectivity index (χ2n) is 5.99. The Bertz CT molecular complexity index is 790. The molecule has 0 spiro atoms. The number of halogens is 23. The van der Waals surface area contributed by atoms with Crippen molar-refractivity contribution in [3.63, 3.8) is 0 Å². The van der Waals surface area contributed by atoms with Crippen LogP contribution in [0.1, 0.15) is 0 Å². The third-order valence-electron chi connectivity index (χ3n) is 3.25. The number of ether oxygens (including phenoxy) is 3. The summed E-state index contributed by atoms with van der Waals surface area (Å²) in [6.45, 7) is 0. The summed E-state index contributed by atoms with van der Waals surface area (Å²) >= 11 is 0. The lowest BCUT2D eigenvalue weighted by Crippen LogP contribution is -2.70. The molecule has 0 aliphatic carbocycles. The van der Waals surface area contributed by atoms with Crippen molar-refractivity contribution in [2.45, 2.75) is 67.0 Å². The van der Waals surface area contributed by atoms with E-state index in [0.717, 1.165) is 9.47 Å². The highest BCUT2D eigenvalue weighted by Crippen LogP contribution is 2.58. The quantitative estimate of drug-likeness (QED) is 0.254. The Morgan fingerprint density at radius 2 is 0.676 bits per heavy atom. The van der Waals surface area contributed by atoms with Crippen LogP contribution < -0.4 is 0 Å². The highest BCUT2D eigenvalue weighted by molar-refractivity contribution is 4.96. The second-order valence-corrected chi connectivity index (χ2v) is 5.99. The summed E-state index contributed by atoms with van der Waals surface area (Å²) in [6.07, 6.45) is -61.9. The highest BCUT2D eigenvalue weighted by atomic mass is 19.4. The summed E-state index contributed by atoms with van der Waals surface area (Å²) in [6, 6.07) is 0. The minimum absolute atomic E-state index is 1.01. The Morgan fingerprint density at radius 3 is 0.946 bits per heavy atom. The van der Waals surface area contributed by atoms with Gasteiger partial charge in [-0.2, -0.15) is 96.6 Å². The average Bonchev–Trinajstić information content (AvgIpc) is 2.56. The number of hydrogen-bond donors (Lipinski definition) is 0. The van der Waals surface area contributed by atoms with E-state index in [0.29, 0.717) is 0 Å². The zero-order chi connectivity index (χ0) is 30.7. The molecular formula is C11HF23O3. The Labute approximate surface area is 184 Å². The second kappa shape index (κ2) is 9.18. The molecule has 0 rings (SSSR count). The molecule has 0 saturated heterocycles. The monoisotopic (exact) mass is 618 g/mol. The molecule has 0 unspecified atom stereocenters. The third-order valence-corrected chi connectivity index (χ3v) is 3.25. The Hall–Kier alpha value is -1.73. The van der Waals surface area contributed by atoms with Crippen LogP contribution in [-0.2, 0) is 14.2 Å². The molecular weight excluding hydrogens is 617 g/mol. The van der Waals surface area contributed by atoms with Crippen LogP contribution in [0.15, 0.2) is 0 Å². The lowest BCUT2D eigenvalue weighted by atomic mass is 10.2. The summed E-state index contributed by atoms with van der Waals surface area (Å²) in [4.78, 5) is 0. The van der Waals surface area contributed by atoms with Gasteiger partial charge in [0.2, 0.25) is 0 Å². The molecule has 26 heteroatoms. The Balaban J connectivity index is 6.96. The van der Waals surface area contributed by atoms with E-state index in [1.54, 1.807) is 0 Å². The molecule has 224 valence electrons. The van der Waals surface area contributed by atoms with E-state index in [9.17, 15) is 101 Å². The normalized spacial score (nSPS) is 19.9. The van der Waals surface area contributed by atoms with Gasteiger partial charge >= 0.3 is 60.7 Å². The van der Waals surface area contributed by atoms with Gasteiger partial charge in [-0.15, -0.1) is 0 Å². The standard InChI is InChI=1S/C11HF23O3/c12-1(2(13,14)15)35-10(31,32)4(18,7(23,24)25)37-11(33,34)5(19,8(26,27)28)36-9(29,30)3(16,17)6(20,21)22/h1H/t1-,4+,5+/m0/s1. The first kappa shape index (κ1) is 35.3. The van der Waals surface area contributed by atoms with Crippen molar-refractivity contribution >= 4 is 0 Å². The van der Waals surface area contributed by atoms with Crippen molar-refractivity contribution in [2.75, 3.05) is 0 Å². The van der Waals surface area contributed by atoms with E-state index in [-0.39, 0.29) is 0 Å². The zero-order valence-corrected chi connectivity index (χ0v) is 15.5. The topological polar surface area (TPSA) is 27.7 Å². The summed E-state index contributed by atoms with van der Waals surface area (Å²) in [5, 5.41) is 0. The fourth-order valence-electron chi connectivity index (χ4n) is 1.49. The van der Waals surface area contributed by atoms with Gasteiger partial charge in [0.05, 0.1) is 0 Å². The number of hydrogen-bond acceptors (Lipinski definition) is 3. The minimum Gasteiger partial charge on any atom is -0.272 e. The molecule has 37 heavy (non-hydrogen) atoms. The van der Waals surface area contributed by atoms with E-state index in [1.807, 2.05) is 0 Å². The first-order valence-electron chi connectivity index (χ1n) is 7.42. The van der Waals surface area contributed by atoms with Crippen LogP contribution in [0.2, 0.25) is 0 Å². The van der Waals surface area contributed by atoms with Gasteiger partial charge in [-0.3, -0.25) is 14.2 Å². The van der Waals surface area contributed by atoms with Crippen LogP contribution in [0.5, 0.6) is 0 Å². The van der Waals surface area contributed by atoms with E-state index < -0.39 is 67.0 Å². The lowest BCUT2D eigenvalue weighted by molar-refractivity contribution is -0.575. The Kier molecular flexibility index (Phi) is 8.75. The maximum absolute atomic E-state index is 13.8. The van der Waals surface area contributed by atoms with Crippen molar-refractivity contribution in [1.82, 2.24) is 0 Å². The molecule has 0 aliphatic heterocycles. The Morgan fingerprint density at radius 1 is 0.378 bits per heavy atom. The predicted octanol–water partition coefficient (Wildman–Crippen LogP) is 7.33. The van der Waals surface area contributed by atoms with E-state index >= 15 is 0 Å². The van der Waals surface area contributed by atoms with Crippen molar-refractivity contribution < 1.29 is 115 Å². The van der Waals surface area contributed by atoms with Crippen molar-refractivity contribution in [2.24, 2.45) is 0 Å². The zero-order valence-electron chi connectivity index (χ0n) is 15.5. The maximum Gasteiger partial charge on any atom is 0.462 e. The summed E-state index contributed by atoms with van der Waals surface area (Å²) < 4.78 is 295. The molecule has 3 nitrogen and oxygen atoms in total. The van der Waals surface area contributed by atoms with Crippen LogP contribution in [0, 0.1) is 0 Å². The van der Waals surface area contributed by atoms with E-state index in [1.165, 1.54) is 4.74 Å². The summed E-state index contributed by atoms with van der Waals surface area (Å²) in [7, 11) is 0. The first-order chi connectivity index (χ1) is 15.5. The van der Waals surface area contributed by atoms with Gasteiger partial charge in [0.25, 0.3) is 6.36 Å². The molecule has 0 aliphatic rings. The number of rotatable bonds is 9. The SMILES string of the molecule is F[C@@H](OC(F)(F)[C@](F)(OC(F)(F)[C@](F)(OC(F)(F)C(F)(F)C(F)(F)F)C(F)(F)F)C(F)(F)F)C(F)(F)F. The predicted molar refractivity (Wildman–Crippen MR) is 59.8 cm³/mol. The fraction of sp³-hybridized carbons (Fsp3) is 1.00. The molecule has 0 aromatic rings. The molecule has 0 amide bonds. The first-order valence-corrected chi connectivity index (χ1v) is 7.42. The van der Waals surface area contributed by atoms with Crippen LogP contribution >= 0.6 is 0 Å². The molecule has 0 saturated carbocycles. The third kappa shape index (κ3) is 6.30. The highest BCUT2D eigenvalue weighted by Gasteiger charge is 2.87. The molecule has 0 bridgehead atoms. The van der Waals surface area contributed by atoms with Gasteiger partial charge in [-0.25, -0.2) is 4.39 Å². The molecule has 0 heterocycles. The van der Waals surface area contributed by atoms with Gasteiger partial charge in [-0.1, -0.05) is 0 Å². The maximum atomic E-state index is 13.8. The molecule has 0 radical (unpaired) electrons. The van der Waals surface area contributed by atoms with Crippen LogP contribution in [-0.4, -0.2) is 67.0 Å². The molecule has 0 N–H and O–H groups in total. The van der Waals surface area contributed by atoms with Crippen molar-refractivity contribution in [3.05, 3.63) is 0 Å². The molecule has 3 atom stereocenters. The lowest BCUT2D eigenvalue weighted by Gasteiger charge is -2.41.